The standard InChI is InChI=1S/C16H22O3/c1-2-3-12-15(17)19-16(18)13-8-7-11-14-9-5-4-6-10-14/h4-6,9-10H,2-3,7-8,11-13H2,1H3. The summed E-state index contributed by atoms with van der Waals surface area (Å²) in [6.07, 6.45) is 5.02. The summed E-state index contributed by atoms with van der Waals surface area (Å²) < 4.78 is 4.73. The van der Waals surface area contributed by atoms with Crippen LogP contribution in [0.25, 0.3) is 0 Å². The molecule has 0 amide bonds. The third-order valence-corrected chi connectivity index (χ3v) is 2.90. The molecule has 104 valence electrons. The minimum Gasteiger partial charge on any atom is -0.393 e. The van der Waals surface area contributed by atoms with E-state index in [4.69, 9.17) is 4.74 Å². The number of hydrogen-bond acceptors (Lipinski definition) is 3. The van der Waals surface area contributed by atoms with Gasteiger partial charge in [0.05, 0.1) is 0 Å². The van der Waals surface area contributed by atoms with E-state index in [0.29, 0.717) is 12.8 Å². The van der Waals surface area contributed by atoms with Crippen LogP contribution in [0.15, 0.2) is 30.3 Å². The van der Waals surface area contributed by atoms with Crippen LogP contribution in [0.5, 0.6) is 0 Å². The van der Waals surface area contributed by atoms with Crippen LogP contribution in [0, 0.1) is 0 Å². The normalized spacial score (nSPS) is 10.2. The van der Waals surface area contributed by atoms with Crippen molar-refractivity contribution < 1.29 is 14.3 Å². The van der Waals surface area contributed by atoms with Crippen molar-refractivity contribution in [1.82, 2.24) is 0 Å². The Morgan fingerprint density at radius 1 is 0.947 bits per heavy atom. The Labute approximate surface area is 115 Å². The highest BCUT2D eigenvalue weighted by atomic mass is 16.6. The van der Waals surface area contributed by atoms with Crippen molar-refractivity contribution in [2.75, 3.05) is 0 Å². The first kappa shape index (κ1) is 15.4. The number of benzene rings is 1. The molecule has 0 bridgehead atoms. The lowest BCUT2D eigenvalue weighted by Crippen LogP contribution is -2.11. The molecule has 0 saturated carbocycles. The molecule has 0 fully saturated rings. The fourth-order valence-corrected chi connectivity index (χ4v) is 1.79. The van der Waals surface area contributed by atoms with Crippen LogP contribution >= 0.6 is 0 Å². The van der Waals surface area contributed by atoms with Gasteiger partial charge in [-0.15, -0.1) is 0 Å². The summed E-state index contributed by atoms with van der Waals surface area (Å²) in [5.41, 5.74) is 1.27. The number of hydrogen-bond donors (Lipinski definition) is 0. The minimum atomic E-state index is -0.394. The van der Waals surface area contributed by atoms with Gasteiger partial charge >= 0.3 is 11.9 Å². The van der Waals surface area contributed by atoms with Crippen molar-refractivity contribution >= 4 is 11.9 Å². The molecule has 0 aromatic heterocycles. The SMILES string of the molecule is CCCCC(=O)OC(=O)CCCCc1ccccc1. The third kappa shape index (κ3) is 7.39. The molecular weight excluding hydrogens is 240 g/mol. The van der Waals surface area contributed by atoms with Crippen molar-refractivity contribution in [3.63, 3.8) is 0 Å². The molecule has 1 aromatic rings. The average Bonchev–Trinajstić information content (AvgIpc) is 2.42. The van der Waals surface area contributed by atoms with E-state index in [2.05, 4.69) is 12.1 Å². The Morgan fingerprint density at radius 3 is 2.21 bits per heavy atom. The molecule has 0 aliphatic carbocycles. The van der Waals surface area contributed by atoms with Gasteiger partial charge in [0.15, 0.2) is 0 Å². The summed E-state index contributed by atoms with van der Waals surface area (Å²) in [5, 5.41) is 0. The van der Waals surface area contributed by atoms with Crippen molar-refractivity contribution in [3.05, 3.63) is 35.9 Å². The number of esters is 2. The molecule has 19 heavy (non-hydrogen) atoms. The third-order valence-electron chi connectivity index (χ3n) is 2.90. The molecule has 0 unspecified atom stereocenters. The maximum atomic E-state index is 11.4. The van der Waals surface area contributed by atoms with Gasteiger partial charge in [-0.2, -0.15) is 0 Å². The largest absolute Gasteiger partial charge is 0.393 e. The molecule has 0 N–H and O–H groups in total. The van der Waals surface area contributed by atoms with Gasteiger partial charge in [-0.25, -0.2) is 0 Å². The Hall–Kier alpha value is -1.64. The van der Waals surface area contributed by atoms with Crippen LogP contribution in [0.4, 0.5) is 0 Å². The van der Waals surface area contributed by atoms with Gasteiger partial charge in [-0.1, -0.05) is 43.7 Å². The summed E-state index contributed by atoms with van der Waals surface area (Å²) in [5.74, 6) is -0.788. The van der Waals surface area contributed by atoms with Crippen molar-refractivity contribution in [2.45, 2.75) is 51.9 Å². The molecule has 3 heteroatoms. The Morgan fingerprint density at radius 2 is 1.58 bits per heavy atom. The van der Waals surface area contributed by atoms with Crippen LogP contribution in [0.2, 0.25) is 0 Å². The fourth-order valence-electron chi connectivity index (χ4n) is 1.79. The Balaban J connectivity index is 2.09. The van der Waals surface area contributed by atoms with Gasteiger partial charge in [0.25, 0.3) is 0 Å². The number of carbonyl (C=O) groups is 2. The molecule has 0 heterocycles. The number of aryl methyl sites for hydroxylation is 1. The van der Waals surface area contributed by atoms with E-state index in [0.717, 1.165) is 32.1 Å². The summed E-state index contributed by atoms with van der Waals surface area (Å²) in [6, 6.07) is 10.2. The quantitative estimate of drug-likeness (QED) is 0.408. The van der Waals surface area contributed by atoms with E-state index in [1.807, 2.05) is 25.1 Å². The lowest BCUT2D eigenvalue weighted by molar-refractivity contribution is -0.159. The van der Waals surface area contributed by atoms with E-state index < -0.39 is 11.9 Å². The predicted octanol–water partition coefficient (Wildman–Crippen LogP) is 3.66. The monoisotopic (exact) mass is 262 g/mol. The fraction of sp³-hybridized carbons (Fsp3) is 0.500. The maximum absolute atomic E-state index is 11.4. The van der Waals surface area contributed by atoms with Gasteiger partial charge in [0.2, 0.25) is 0 Å². The van der Waals surface area contributed by atoms with Crippen molar-refractivity contribution in [2.24, 2.45) is 0 Å². The number of carbonyl (C=O) groups excluding carboxylic acids is 2. The summed E-state index contributed by atoms with van der Waals surface area (Å²) in [4.78, 5) is 22.6. The second kappa shape index (κ2) is 9.31. The molecule has 0 aliphatic rings. The highest BCUT2D eigenvalue weighted by molar-refractivity contribution is 5.85. The Kier molecular flexibility index (Phi) is 7.56. The van der Waals surface area contributed by atoms with E-state index in [9.17, 15) is 9.59 Å². The molecular formula is C16H22O3. The number of unbranched alkanes of at least 4 members (excludes halogenated alkanes) is 2. The minimum absolute atomic E-state index is 0.324. The van der Waals surface area contributed by atoms with Crippen LogP contribution in [-0.2, 0) is 20.7 Å². The van der Waals surface area contributed by atoms with E-state index in [1.165, 1.54) is 5.56 Å². The van der Waals surface area contributed by atoms with Crippen LogP contribution in [0.1, 0.15) is 51.0 Å². The van der Waals surface area contributed by atoms with E-state index in [1.54, 1.807) is 0 Å². The van der Waals surface area contributed by atoms with Crippen LogP contribution in [0.3, 0.4) is 0 Å². The second-order valence-corrected chi connectivity index (χ2v) is 4.64. The molecule has 0 aliphatic heterocycles. The molecule has 1 aromatic carbocycles. The molecule has 3 nitrogen and oxygen atoms in total. The zero-order valence-corrected chi connectivity index (χ0v) is 11.6. The van der Waals surface area contributed by atoms with Crippen molar-refractivity contribution in [1.29, 1.82) is 0 Å². The number of ether oxygens (including phenoxy) is 1. The molecule has 0 saturated heterocycles. The molecule has 0 spiro atoms. The van der Waals surface area contributed by atoms with Gasteiger partial charge in [0.1, 0.15) is 0 Å². The zero-order valence-electron chi connectivity index (χ0n) is 11.6. The van der Waals surface area contributed by atoms with Crippen molar-refractivity contribution in [3.8, 4) is 0 Å². The highest BCUT2D eigenvalue weighted by Crippen LogP contribution is 2.07. The predicted molar refractivity (Wildman–Crippen MR) is 74.6 cm³/mol. The second-order valence-electron chi connectivity index (χ2n) is 4.64. The zero-order chi connectivity index (χ0) is 13.9. The molecule has 1 rings (SSSR count). The van der Waals surface area contributed by atoms with E-state index in [-0.39, 0.29) is 0 Å². The van der Waals surface area contributed by atoms with Gasteiger partial charge < -0.3 is 4.74 Å². The summed E-state index contributed by atoms with van der Waals surface area (Å²) >= 11 is 0. The molecule has 0 atom stereocenters. The van der Waals surface area contributed by atoms with Gasteiger partial charge in [-0.3, -0.25) is 9.59 Å². The first-order chi connectivity index (χ1) is 9.22. The maximum Gasteiger partial charge on any atom is 0.313 e. The highest BCUT2D eigenvalue weighted by Gasteiger charge is 2.09. The molecule has 0 radical (unpaired) electrons. The lowest BCUT2D eigenvalue weighted by atomic mass is 10.1. The van der Waals surface area contributed by atoms with Crippen LogP contribution < -0.4 is 0 Å². The first-order valence-corrected chi connectivity index (χ1v) is 6.99. The summed E-state index contributed by atoms with van der Waals surface area (Å²) in [7, 11) is 0. The van der Waals surface area contributed by atoms with Gasteiger partial charge in [0, 0.05) is 12.8 Å². The Bertz CT molecular complexity index is 384. The van der Waals surface area contributed by atoms with Gasteiger partial charge in [-0.05, 0) is 31.2 Å². The first-order valence-electron chi connectivity index (χ1n) is 6.99. The number of rotatable bonds is 8. The smallest absolute Gasteiger partial charge is 0.313 e. The lowest BCUT2D eigenvalue weighted by Gasteiger charge is -2.03. The van der Waals surface area contributed by atoms with E-state index >= 15 is 0 Å². The summed E-state index contributed by atoms with van der Waals surface area (Å²) in [6.45, 7) is 2.00. The topological polar surface area (TPSA) is 43.4 Å². The van der Waals surface area contributed by atoms with Crippen LogP contribution in [-0.4, -0.2) is 11.9 Å². The average molecular weight is 262 g/mol.